The SMILES string of the molecule is CCc1cc2c(cc1N1CCN(C(=O)CCCN3CC[C@@H](NC(=O)[C@H](CCCn4ccnc4[N+](=O)[O-])NC(=O)OC(C)(C)C)C3)CC1)C(C)(C)c1[nH]c3cc(C#N)ccc3c1C2=O. The van der Waals surface area contributed by atoms with Crippen molar-refractivity contribution in [3.05, 3.63) is 86.4 Å². The van der Waals surface area contributed by atoms with E-state index in [2.05, 4.69) is 69.4 Å². The molecule has 2 aromatic carbocycles. The van der Waals surface area contributed by atoms with Gasteiger partial charge in [0.25, 0.3) is 0 Å². The molecule has 4 heterocycles. The van der Waals surface area contributed by atoms with Gasteiger partial charge in [0.1, 0.15) is 24.0 Å². The predicted molar refractivity (Wildman–Crippen MR) is 237 cm³/mol. The van der Waals surface area contributed by atoms with Crippen LogP contribution in [0.2, 0.25) is 0 Å². The van der Waals surface area contributed by atoms with Crippen LogP contribution in [0.5, 0.6) is 0 Å². The molecule has 3 amide bonds. The van der Waals surface area contributed by atoms with Crippen LogP contribution in [0.3, 0.4) is 0 Å². The number of aryl methyl sites for hydroxylation is 2. The van der Waals surface area contributed by atoms with Gasteiger partial charge in [0.2, 0.25) is 11.8 Å². The number of rotatable bonds is 14. The first kappa shape index (κ1) is 44.8. The maximum atomic E-state index is 14.1. The van der Waals surface area contributed by atoms with Gasteiger partial charge in [0, 0.05) is 85.0 Å². The monoisotopic (exact) mass is 862 g/mol. The highest BCUT2D eigenvalue weighted by Crippen LogP contribution is 2.46. The van der Waals surface area contributed by atoms with E-state index in [1.165, 1.54) is 17.0 Å². The van der Waals surface area contributed by atoms with E-state index in [1.54, 1.807) is 32.9 Å². The van der Waals surface area contributed by atoms with Crippen LogP contribution in [0.15, 0.2) is 42.7 Å². The maximum Gasteiger partial charge on any atom is 0.434 e. The summed E-state index contributed by atoms with van der Waals surface area (Å²) < 4.78 is 6.81. The van der Waals surface area contributed by atoms with E-state index in [1.807, 2.05) is 11.0 Å². The normalized spacial score (nSPS) is 17.8. The molecule has 2 saturated heterocycles. The van der Waals surface area contributed by atoms with Crippen LogP contribution in [-0.2, 0) is 32.7 Å². The Morgan fingerprint density at radius 2 is 1.86 bits per heavy atom. The fourth-order valence-electron chi connectivity index (χ4n) is 9.25. The fourth-order valence-corrected chi connectivity index (χ4v) is 9.25. The van der Waals surface area contributed by atoms with E-state index in [-0.39, 0.29) is 42.6 Å². The van der Waals surface area contributed by atoms with Crippen molar-refractivity contribution in [1.29, 1.82) is 5.26 Å². The van der Waals surface area contributed by atoms with Gasteiger partial charge in [-0.15, -0.1) is 0 Å². The summed E-state index contributed by atoms with van der Waals surface area (Å²) in [6.07, 6.45) is 5.34. The number of amides is 3. The van der Waals surface area contributed by atoms with Crippen molar-refractivity contribution < 1.29 is 28.8 Å². The molecule has 0 unspecified atom stereocenters. The Labute approximate surface area is 367 Å². The molecule has 2 aromatic heterocycles. The first-order valence-electron chi connectivity index (χ1n) is 22.0. The smallest absolute Gasteiger partial charge is 0.434 e. The van der Waals surface area contributed by atoms with Gasteiger partial charge >= 0.3 is 12.0 Å². The van der Waals surface area contributed by atoms with Crippen molar-refractivity contribution in [3.63, 3.8) is 0 Å². The molecule has 17 heteroatoms. The van der Waals surface area contributed by atoms with Crippen molar-refractivity contribution >= 4 is 46.2 Å². The van der Waals surface area contributed by atoms with Crippen LogP contribution in [-0.4, -0.2) is 116 Å². The van der Waals surface area contributed by atoms with Gasteiger partial charge in [-0.2, -0.15) is 5.26 Å². The number of alkyl carbamates (subject to hydrolysis) is 1. The lowest BCUT2D eigenvalue weighted by molar-refractivity contribution is -0.396. The van der Waals surface area contributed by atoms with Gasteiger partial charge < -0.3 is 45.2 Å². The molecule has 63 heavy (non-hydrogen) atoms. The Kier molecular flexibility index (Phi) is 12.9. The number of anilines is 1. The van der Waals surface area contributed by atoms with Gasteiger partial charge in [0.05, 0.1) is 23.7 Å². The zero-order valence-corrected chi connectivity index (χ0v) is 37.1. The Morgan fingerprint density at radius 3 is 2.56 bits per heavy atom. The maximum absolute atomic E-state index is 14.1. The van der Waals surface area contributed by atoms with Gasteiger partial charge in [-0.3, -0.25) is 14.4 Å². The number of carbonyl (C=O) groups excluding carboxylic acids is 4. The molecule has 334 valence electrons. The van der Waals surface area contributed by atoms with Crippen molar-refractivity contribution in [2.24, 2.45) is 0 Å². The second kappa shape index (κ2) is 18.2. The molecule has 2 atom stereocenters. The van der Waals surface area contributed by atoms with Crippen molar-refractivity contribution in [2.75, 3.05) is 50.7 Å². The summed E-state index contributed by atoms with van der Waals surface area (Å²) >= 11 is 0. The number of nitrogens with one attached hydrogen (secondary N) is 3. The fraction of sp³-hybridized carbons (Fsp3) is 0.522. The number of nitro groups is 1. The molecule has 0 radical (unpaired) electrons. The number of ether oxygens (including phenoxy) is 1. The van der Waals surface area contributed by atoms with E-state index in [9.17, 15) is 34.6 Å². The number of aromatic amines is 1. The largest absolute Gasteiger partial charge is 0.444 e. The molecule has 0 spiro atoms. The number of nitrogens with zero attached hydrogens (tertiary/aromatic N) is 7. The van der Waals surface area contributed by atoms with Gasteiger partial charge in [-0.25, -0.2) is 9.36 Å². The number of hydrogen-bond donors (Lipinski definition) is 3. The number of H-pyrrole nitrogens is 1. The molecule has 17 nitrogen and oxygen atoms in total. The molecule has 3 aliphatic rings. The standard InChI is InChI=1S/C46H58N10O7/c1-7-30-25-33-34(46(5,6)41-39(40(33)58)32-13-12-29(27-47)24-36(32)50-41)26-37(30)53-20-22-54(23-21-53)38(57)11-9-16-52-18-14-31(28-52)49-42(59)35(51-44(60)63-45(2,3)4)10-8-17-55-19-15-48-43(55)56(61)62/h12-13,15,19,24-26,31,35,50H,7-11,14,16-18,20-23,28H2,1-6H3,(H,49,59)(H,51,60)/t31-,35+/m1/s1. The zero-order chi connectivity index (χ0) is 45.2. The van der Waals surface area contributed by atoms with E-state index in [0.717, 1.165) is 52.8 Å². The number of nitriles is 1. The Morgan fingerprint density at radius 1 is 1.10 bits per heavy atom. The Hall–Kier alpha value is -6.28. The number of carbonyl (C=O) groups is 4. The van der Waals surface area contributed by atoms with Crippen LogP contribution < -0.4 is 15.5 Å². The summed E-state index contributed by atoms with van der Waals surface area (Å²) in [4.78, 5) is 78.2. The minimum absolute atomic E-state index is 0.00586. The van der Waals surface area contributed by atoms with Crippen LogP contribution >= 0.6 is 0 Å². The van der Waals surface area contributed by atoms with E-state index < -0.39 is 28.1 Å². The molecule has 7 rings (SSSR count). The summed E-state index contributed by atoms with van der Waals surface area (Å²) in [5.41, 5.74) is 5.49. The van der Waals surface area contributed by atoms with Gasteiger partial charge in [-0.1, -0.05) is 31.8 Å². The number of hydrogen-bond acceptors (Lipinski definition) is 11. The van der Waals surface area contributed by atoms with E-state index in [4.69, 9.17) is 4.74 Å². The average Bonchev–Trinajstić information content (AvgIpc) is 4.00. The summed E-state index contributed by atoms with van der Waals surface area (Å²) in [6.45, 7) is 16.5. The number of aromatic nitrogens is 3. The lowest BCUT2D eigenvalue weighted by Crippen LogP contribution is -2.51. The van der Waals surface area contributed by atoms with E-state index >= 15 is 0 Å². The van der Waals surface area contributed by atoms with Crippen LogP contribution in [0.1, 0.15) is 112 Å². The lowest BCUT2D eigenvalue weighted by atomic mass is 9.70. The average molecular weight is 863 g/mol. The quantitative estimate of drug-likeness (QED) is 0.105. The highest BCUT2D eigenvalue weighted by Gasteiger charge is 2.41. The van der Waals surface area contributed by atoms with Crippen molar-refractivity contribution in [1.82, 2.24) is 35.0 Å². The summed E-state index contributed by atoms with van der Waals surface area (Å²) in [5, 5.41) is 27.4. The first-order valence-corrected chi connectivity index (χ1v) is 22.0. The first-order chi connectivity index (χ1) is 30.0. The Balaban J connectivity index is 0.895. The highest BCUT2D eigenvalue weighted by molar-refractivity contribution is 6.20. The van der Waals surface area contributed by atoms with E-state index in [0.29, 0.717) is 75.2 Å². The molecule has 2 aliphatic heterocycles. The van der Waals surface area contributed by atoms with Crippen LogP contribution in [0.4, 0.5) is 16.4 Å². The predicted octanol–water partition coefficient (Wildman–Crippen LogP) is 5.57. The number of fused-ring (bicyclic) bond motifs is 4. The minimum atomic E-state index is -0.902. The number of piperazine rings is 1. The molecular formula is C46H58N10O7. The molecule has 0 saturated carbocycles. The number of likely N-dealkylation sites (tertiary alicyclic amines) is 1. The Bertz CT molecular complexity index is 2450. The van der Waals surface area contributed by atoms with Crippen LogP contribution in [0, 0.1) is 21.4 Å². The van der Waals surface area contributed by atoms with Crippen molar-refractivity contribution in [3.8, 4) is 6.07 Å². The highest BCUT2D eigenvalue weighted by atomic mass is 16.6. The van der Waals surface area contributed by atoms with Gasteiger partial charge in [-0.05, 0) is 99.7 Å². The zero-order valence-electron chi connectivity index (χ0n) is 37.1. The number of benzene rings is 2. The number of ketones is 1. The van der Waals surface area contributed by atoms with Crippen molar-refractivity contribution in [2.45, 2.75) is 110 Å². The third kappa shape index (κ3) is 9.70. The van der Waals surface area contributed by atoms with Crippen LogP contribution in [0.25, 0.3) is 10.9 Å². The topological polar surface area (TPSA) is 212 Å². The second-order valence-electron chi connectivity index (χ2n) is 18.4. The third-order valence-corrected chi connectivity index (χ3v) is 12.5. The molecule has 4 aromatic rings. The summed E-state index contributed by atoms with van der Waals surface area (Å²) in [6, 6.07) is 10.8. The molecule has 1 aliphatic carbocycles. The number of imidazole rings is 1. The molecule has 3 N–H and O–H groups in total. The molecule has 2 fully saturated rings. The third-order valence-electron chi connectivity index (χ3n) is 12.5. The lowest BCUT2D eigenvalue weighted by Gasteiger charge is -2.39. The molecule has 0 bridgehead atoms. The van der Waals surface area contributed by atoms with Gasteiger partial charge in [0.15, 0.2) is 5.78 Å². The summed E-state index contributed by atoms with van der Waals surface area (Å²) in [7, 11) is 0. The summed E-state index contributed by atoms with van der Waals surface area (Å²) in [5.74, 6) is -0.518. The molecular weight excluding hydrogens is 805 g/mol. The second-order valence-corrected chi connectivity index (χ2v) is 18.4. The minimum Gasteiger partial charge on any atom is -0.444 e.